The zero-order valence-electron chi connectivity index (χ0n) is 8.16. The average molecular weight is 187 g/mol. The lowest BCUT2D eigenvalue weighted by Crippen LogP contribution is -2.45. The lowest BCUT2D eigenvalue weighted by atomic mass is 9.83. The fraction of sp³-hybridized carbons (Fsp3) is 1.00. The Morgan fingerprint density at radius 3 is 2.77 bits per heavy atom. The molecule has 0 bridgehead atoms. The van der Waals surface area contributed by atoms with Crippen molar-refractivity contribution >= 4 is 0 Å². The van der Waals surface area contributed by atoms with Gasteiger partial charge in [-0.05, 0) is 19.4 Å². The molecule has 4 N–H and O–H groups in total. The van der Waals surface area contributed by atoms with E-state index in [1.54, 1.807) is 0 Å². The first-order valence-electron chi connectivity index (χ1n) is 4.87. The molecular formula is C9H19N2O2. The monoisotopic (exact) mass is 187 g/mol. The highest BCUT2D eigenvalue weighted by atomic mass is 16.5. The minimum Gasteiger partial charge on any atom is -0.373 e. The van der Waals surface area contributed by atoms with Crippen molar-refractivity contribution in [1.29, 1.82) is 0 Å². The molecule has 1 fully saturated rings. The molecule has 0 aromatic heterocycles. The zero-order valence-corrected chi connectivity index (χ0v) is 8.16. The first-order chi connectivity index (χ1) is 6.15. The van der Waals surface area contributed by atoms with Crippen LogP contribution in [0.4, 0.5) is 0 Å². The van der Waals surface area contributed by atoms with E-state index in [1.165, 1.54) is 0 Å². The van der Waals surface area contributed by atoms with E-state index in [9.17, 15) is 5.11 Å². The molecule has 0 amide bonds. The zero-order chi connectivity index (χ0) is 9.90. The lowest BCUT2D eigenvalue weighted by Gasteiger charge is -2.28. The fourth-order valence-electron chi connectivity index (χ4n) is 1.91. The quantitative estimate of drug-likeness (QED) is 0.644. The van der Waals surface area contributed by atoms with Crippen LogP contribution in [0.25, 0.3) is 0 Å². The molecule has 0 aromatic carbocycles. The standard InChI is InChI=1S/C9H19N2O2/c1-7-6-13-8(5-11)9(7,12)3-2-4-10/h7-8H,2-6,10-11H2,1H3. The molecule has 0 saturated carbocycles. The van der Waals surface area contributed by atoms with Crippen molar-refractivity contribution in [1.82, 2.24) is 0 Å². The predicted octanol–water partition coefficient (Wildman–Crippen LogP) is -0.112. The van der Waals surface area contributed by atoms with Crippen molar-refractivity contribution < 1.29 is 9.84 Å². The molecule has 3 unspecified atom stereocenters. The maximum absolute atomic E-state index is 12.3. The van der Waals surface area contributed by atoms with Gasteiger partial charge in [-0.1, -0.05) is 6.92 Å². The Kier molecular flexibility index (Phi) is 3.67. The van der Waals surface area contributed by atoms with Crippen LogP contribution in [0.3, 0.4) is 0 Å². The number of hydrogen-bond donors (Lipinski definition) is 2. The predicted molar refractivity (Wildman–Crippen MR) is 49.7 cm³/mol. The van der Waals surface area contributed by atoms with Crippen LogP contribution in [0.15, 0.2) is 0 Å². The van der Waals surface area contributed by atoms with Gasteiger partial charge in [0.2, 0.25) is 0 Å². The van der Waals surface area contributed by atoms with Crippen LogP contribution in [0, 0.1) is 5.92 Å². The highest BCUT2D eigenvalue weighted by Crippen LogP contribution is 2.35. The summed E-state index contributed by atoms with van der Waals surface area (Å²) >= 11 is 0. The molecule has 4 nitrogen and oxygen atoms in total. The number of rotatable bonds is 4. The molecule has 1 aliphatic heterocycles. The van der Waals surface area contributed by atoms with Gasteiger partial charge in [0.1, 0.15) is 11.7 Å². The van der Waals surface area contributed by atoms with Gasteiger partial charge in [-0.15, -0.1) is 0 Å². The van der Waals surface area contributed by atoms with Crippen LogP contribution in [0.1, 0.15) is 19.8 Å². The van der Waals surface area contributed by atoms with Crippen molar-refractivity contribution in [2.45, 2.75) is 31.5 Å². The largest absolute Gasteiger partial charge is 0.373 e. The van der Waals surface area contributed by atoms with Gasteiger partial charge < -0.3 is 16.2 Å². The van der Waals surface area contributed by atoms with Crippen LogP contribution in [-0.4, -0.2) is 31.4 Å². The molecule has 4 heteroatoms. The normalized spacial score (nSPS) is 39.7. The van der Waals surface area contributed by atoms with Gasteiger partial charge >= 0.3 is 0 Å². The van der Waals surface area contributed by atoms with E-state index in [-0.39, 0.29) is 12.0 Å². The molecule has 1 heterocycles. The smallest absolute Gasteiger partial charge is 0.135 e. The molecule has 3 atom stereocenters. The Labute approximate surface area is 79.2 Å². The number of nitrogens with two attached hydrogens (primary N) is 2. The summed E-state index contributed by atoms with van der Waals surface area (Å²) in [6, 6.07) is 0. The number of hydrogen-bond acceptors (Lipinski definition) is 3. The SMILES string of the molecule is CC1COC(CN)C1([O])CCCN. The van der Waals surface area contributed by atoms with Gasteiger partial charge in [-0.2, -0.15) is 0 Å². The average Bonchev–Trinajstić information content (AvgIpc) is 2.41. The number of ether oxygens (including phenoxy) is 1. The maximum atomic E-state index is 12.3. The highest BCUT2D eigenvalue weighted by Gasteiger charge is 2.48. The van der Waals surface area contributed by atoms with Crippen molar-refractivity contribution in [3.05, 3.63) is 0 Å². The molecule has 0 aromatic rings. The van der Waals surface area contributed by atoms with Crippen molar-refractivity contribution in [2.24, 2.45) is 17.4 Å². The van der Waals surface area contributed by atoms with Gasteiger partial charge in [-0.25, -0.2) is 5.11 Å². The summed E-state index contributed by atoms with van der Waals surface area (Å²) in [5.41, 5.74) is 9.87. The third-order valence-electron chi connectivity index (χ3n) is 2.91. The summed E-state index contributed by atoms with van der Waals surface area (Å²) in [5, 5.41) is 12.3. The highest BCUT2D eigenvalue weighted by molar-refractivity contribution is 4.96. The van der Waals surface area contributed by atoms with E-state index in [2.05, 4.69) is 0 Å². The minimum atomic E-state index is -1.01. The molecule has 1 saturated heterocycles. The molecule has 1 aliphatic rings. The molecule has 1 radical (unpaired) electrons. The van der Waals surface area contributed by atoms with Gasteiger partial charge in [0.25, 0.3) is 0 Å². The van der Waals surface area contributed by atoms with E-state index >= 15 is 0 Å². The minimum absolute atomic E-state index is 0.0487. The summed E-state index contributed by atoms with van der Waals surface area (Å²) < 4.78 is 5.35. The Hall–Kier alpha value is -0.160. The summed E-state index contributed by atoms with van der Waals surface area (Å²) in [5.74, 6) is 0.0487. The molecule has 1 rings (SSSR count). The second-order valence-electron chi connectivity index (χ2n) is 3.81. The third kappa shape index (κ3) is 2.02. The third-order valence-corrected chi connectivity index (χ3v) is 2.91. The molecule has 0 aliphatic carbocycles. The van der Waals surface area contributed by atoms with Crippen molar-refractivity contribution in [2.75, 3.05) is 19.7 Å². The van der Waals surface area contributed by atoms with Crippen LogP contribution < -0.4 is 11.5 Å². The van der Waals surface area contributed by atoms with Crippen LogP contribution in [0.5, 0.6) is 0 Å². The molecule has 77 valence electrons. The van der Waals surface area contributed by atoms with Crippen molar-refractivity contribution in [3.8, 4) is 0 Å². The summed E-state index contributed by atoms with van der Waals surface area (Å²) in [6.07, 6.45) is 1.01. The lowest BCUT2D eigenvalue weighted by molar-refractivity contribution is -0.102. The molecule has 13 heavy (non-hydrogen) atoms. The van der Waals surface area contributed by atoms with Crippen LogP contribution in [0.2, 0.25) is 0 Å². The molecular weight excluding hydrogens is 168 g/mol. The van der Waals surface area contributed by atoms with Gasteiger partial charge in [0.15, 0.2) is 0 Å². The summed E-state index contributed by atoms with van der Waals surface area (Å²) in [6.45, 7) is 3.35. The van der Waals surface area contributed by atoms with E-state index in [0.29, 0.717) is 26.1 Å². The van der Waals surface area contributed by atoms with E-state index in [4.69, 9.17) is 16.2 Å². The Morgan fingerprint density at radius 2 is 2.23 bits per heavy atom. The Balaban J connectivity index is 2.59. The topological polar surface area (TPSA) is 81.2 Å². The van der Waals surface area contributed by atoms with Gasteiger partial charge in [0.05, 0.1) is 6.61 Å². The summed E-state index contributed by atoms with van der Waals surface area (Å²) in [7, 11) is 0. The van der Waals surface area contributed by atoms with Gasteiger partial charge in [0, 0.05) is 12.5 Å². The Bertz CT molecular complexity index is 166. The van der Waals surface area contributed by atoms with Gasteiger partial charge in [-0.3, -0.25) is 0 Å². The van der Waals surface area contributed by atoms with Crippen LogP contribution in [-0.2, 0) is 9.84 Å². The van der Waals surface area contributed by atoms with E-state index in [1.807, 2.05) is 6.92 Å². The fourth-order valence-corrected chi connectivity index (χ4v) is 1.91. The first-order valence-corrected chi connectivity index (χ1v) is 4.87. The van der Waals surface area contributed by atoms with Crippen LogP contribution >= 0.6 is 0 Å². The Morgan fingerprint density at radius 1 is 1.54 bits per heavy atom. The van der Waals surface area contributed by atoms with E-state index in [0.717, 1.165) is 6.42 Å². The van der Waals surface area contributed by atoms with E-state index < -0.39 is 5.60 Å². The molecule has 0 spiro atoms. The second kappa shape index (κ2) is 4.37. The summed E-state index contributed by atoms with van der Waals surface area (Å²) in [4.78, 5) is 0. The first kappa shape index (κ1) is 10.9. The maximum Gasteiger partial charge on any atom is 0.135 e. The second-order valence-corrected chi connectivity index (χ2v) is 3.81. The van der Waals surface area contributed by atoms with Crippen molar-refractivity contribution in [3.63, 3.8) is 0 Å².